The van der Waals surface area contributed by atoms with E-state index in [-0.39, 0.29) is 24.9 Å². The molecule has 1 unspecified atom stereocenters. The third-order valence-electron chi connectivity index (χ3n) is 5.56. The number of nitrogens with one attached hydrogen (secondary N) is 4. The lowest BCUT2D eigenvalue weighted by molar-refractivity contribution is -0.921. The first-order valence-electron chi connectivity index (χ1n) is 10.9. The van der Waals surface area contributed by atoms with Crippen LogP contribution in [0.4, 0.5) is 11.4 Å². The summed E-state index contributed by atoms with van der Waals surface area (Å²) in [4.78, 5) is 27.1. The van der Waals surface area contributed by atoms with Crippen LogP contribution in [0.25, 0.3) is 0 Å². The van der Waals surface area contributed by atoms with Crippen molar-refractivity contribution < 1.29 is 24.1 Å². The molecule has 0 aliphatic carbocycles. The number of para-hydroxylation sites is 1. The largest absolute Gasteiger partial charge is 0.370 e. The maximum Gasteiger partial charge on any atom is 0.279 e. The normalized spacial score (nSPS) is 15.3. The number of carbonyl (C=O) groups is 2. The van der Waals surface area contributed by atoms with Crippen LogP contribution in [0.2, 0.25) is 0 Å². The molecule has 0 bridgehead atoms. The van der Waals surface area contributed by atoms with Gasteiger partial charge in [0, 0.05) is 16.9 Å². The van der Waals surface area contributed by atoms with Crippen molar-refractivity contribution in [3.63, 3.8) is 0 Å². The highest BCUT2D eigenvalue weighted by Crippen LogP contribution is 2.18. The van der Waals surface area contributed by atoms with E-state index in [4.69, 9.17) is 4.74 Å². The fourth-order valence-corrected chi connectivity index (χ4v) is 3.84. The maximum atomic E-state index is 12.4. The predicted octanol–water partition coefficient (Wildman–Crippen LogP) is -0.190. The van der Waals surface area contributed by atoms with Crippen LogP contribution in [0.5, 0.6) is 0 Å². The van der Waals surface area contributed by atoms with E-state index < -0.39 is 0 Å². The third-order valence-corrected chi connectivity index (χ3v) is 5.56. The van der Waals surface area contributed by atoms with Crippen LogP contribution in [-0.2, 0) is 20.9 Å². The molecule has 0 saturated carbocycles. The Morgan fingerprint density at radius 1 is 0.935 bits per heavy atom. The SMILES string of the molecule is Cc1cccc(C)c1NC(=O)C[NH+](C)CC(=O)Nc1ccc(C[NH+]2CCOCC2)cc1. The Morgan fingerprint density at radius 2 is 1.52 bits per heavy atom. The van der Waals surface area contributed by atoms with Gasteiger partial charge in [-0.3, -0.25) is 9.59 Å². The van der Waals surface area contributed by atoms with Gasteiger partial charge in [0.2, 0.25) is 0 Å². The second-order valence-electron chi connectivity index (χ2n) is 8.41. The first kappa shape index (κ1) is 22.9. The molecule has 7 nitrogen and oxygen atoms in total. The first-order valence-corrected chi connectivity index (χ1v) is 10.9. The molecule has 2 aromatic rings. The van der Waals surface area contributed by atoms with Crippen molar-refractivity contribution in [2.45, 2.75) is 20.4 Å². The van der Waals surface area contributed by atoms with Crippen LogP contribution in [-0.4, -0.2) is 58.3 Å². The smallest absolute Gasteiger partial charge is 0.279 e. The number of quaternary nitrogens is 2. The fraction of sp³-hybridized carbons (Fsp3) is 0.417. The summed E-state index contributed by atoms with van der Waals surface area (Å²) in [5, 5.41) is 5.90. The number of rotatable bonds is 8. The zero-order valence-electron chi connectivity index (χ0n) is 18.7. The Bertz CT molecular complexity index is 872. The number of benzene rings is 2. The summed E-state index contributed by atoms with van der Waals surface area (Å²) < 4.78 is 5.40. The maximum absolute atomic E-state index is 12.4. The van der Waals surface area contributed by atoms with Gasteiger partial charge in [-0.1, -0.05) is 30.3 Å². The Labute approximate surface area is 184 Å². The van der Waals surface area contributed by atoms with E-state index in [0.717, 1.165) is 60.2 Å². The number of hydrogen-bond acceptors (Lipinski definition) is 3. The molecule has 2 amide bonds. The standard InChI is InChI=1S/C24H32N4O3/c1-18-5-4-6-19(2)24(18)26-23(30)17-27(3)16-22(29)25-21-9-7-20(8-10-21)15-28-11-13-31-14-12-28/h4-10H,11-17H2,1-3H3,(H,25,29)(H,26,30)/p+2. The van der Waals surface area contributed by atoms with Gasteiger partial charge in [0.1, 0.15) is 19.6 Å². The van der Waals surface area contributed by atoms with E-state index in [9.17, 15) is 9.59 Å². The van der Waals surface area contributed by atoms with Gasteiger partial charge in [0.05, 0.1) is 20.3 Å². The first-order chi connectivity index (χ1) is 14.9. The van der Waals surface area contributed by atoms with Gasteiger partial charge in [-0.2, -0.15) is 0 Å². The molecule has 1 aliphatic heterocycles. The summed E-state index contributed by atoms with van der Waals surface area (Å²) in [5.41, 5.74) is 4.94. The summed E-state index contributed by atoms with van der Waals surface area (Å²) in [6, 6.07) is 13.9. The molecule has 1 fully saturated rings. The minimum atomic E-state index is -0.107. The van der Waals surface area contributed by atoms with Gasteiger partial charge in [-0.25, -0.2) is 0 Å². The molecule has 1 saturated heterocycles. The van der Waals surface area contributed by atoms with E-state index in [1.54, 1.807) is 0 Å². The van der Waals surface area contributed by atoms with E-state index in [1.165, 1.54) is 10.5 Å². The minimum absolute atomic E-state index is 0.0994. The van der Waals surface area contributed by atoms with E-state index in [2.05, 4.69) is 22.8 Å². The number of hydrogen-bond donors (Lipinski definition) is 4. The molecular weight excluding hydrogens is 392 g/mol. The Kier molecular flexibility index (Phi) is 8.17. The molecule has 1 aliphatic rings. The Hall–Kier alpha value is -2.74. The summed E-state index contributed by atoms with van der Waals surface area (Å²) in [6.07, 6.45) is 0. The van der Waals surface area contributed by atoms with Crippen LogP contribution in [0.15, 0.2) is 42.5 Å². The van der Waals surface area contributed by atoms with Crippen LogP contribution in [0, 0.1) is 13.8 Å². The number of ether oxygens (including phenoxy) is 1. The third kappa shape index (κ3) is 7.17. The molecule has 31 heavy (non-hydrogen) atoms. The van der Waals surface area contributed by atoms with Crippen LogP contribution in [0.1, 0.15) is 16.7 Å². The number of carbonyl (C=O) groups excluding carboxylic acids is 2. The number of morpholine rings is 1. The highest BCUT2D eigenvalue weighted by atomic mass is 16.5. The van der Waals surface area contributed by atoms with Crippen molar-refractivity contribution in [3.05, 3.63) is 59.2 Å². The summed E-state index contributed by atoms with van der Waals surface area (Å²) in [7, 11) is 1.85. The van der Waals surface area contributed by atoms with Gasteiger partial charge in [0.25, 0.3) is 11.8 Å². The summed E-state index contributed by atoms with van der Waals surface area (Å²) in [6.45, 7) is 9.07. The number of anilines is 2. The minimum Gasteiger partial charge on any atom is -0.370 e. The van der Waals surface area contributed by atoms with Crippen molar-refractivity contribution in [1.82, 2.24) is 0 Å². The van der Waals surface area contributed by atoms with E-state index in [0.29, 0.717) is 0 Å². The van der Waals surface area contributed by atoms with Gasteiger partial charge in [-0.15, -0.1) is 0 Å². The molecule has 0 spiro atoms. The van der Waals surface area contributed by atoms with Gasteiger partial charge < -0.3 is 25.2 Å². The fourth-order valence-electron chi connectivity index (χ4n) is 3.84. The van der Waals surface area contributed by atoms with Gasteiger partial charge >= 0.3 is 0 Å². The van der Waals surface area contributed by atoms with Crippen LogP contribution < -0.4 is 20.4 Å². The molecule has 1 heterocycles. The lowest BCUT2D eigenvalue weighted by atomic mass is 10.1. The Balaban J connectivity index is 1.43. The van der Waals surface area contributed by atoms with Crippen LogP contribution >= 0.6 is 0 Å². The predicted molar refractivity (Wildman–Crippen MR) is 121 cm³/mol. The monoisotopic (exact) mass is 426 g/mol. The van der Waals surface area contributed by atoms with Crippen molar-refractivity contribution >= 4 is 23.2 Å². The van der Waals surface area contributed by atoms with Crippen molar-refractivity contribution in [2.24, 2.45) is 0 Å². The van der Waals surface area contributed by atoms with E-state index in [1.807, 2.05) is 51.2 Å². The van der Waals surface area contributed by atoms with Gasteiger partial charge in [-0.05, 0) is 37.1 Å². The zero-order valence-corrected chi connectivity index (χ0v) is 18.7. The highest BCUT2D eigenvalue weighted by Gasteiger charge is 2.17. The summed E-state index contributed by atoms with van der Waals surface area (Å²) >= 11 is 0. The van der Waals surface area contributed by atoms with E-state index >= 15 is 0 Å². The summed E-state index contributed by atoms with van der Waals surface area (Å²) in [5.74, 6) is -0.207. The lowest BCUT2D eigenvalue weighted by Gasteiger charge is -2.23. The number of aryl methyl sites for hydroxylation is 2. The van der Waals surface area contributed by atoms with Gasteiger partial charge in [0.15, 0.2) is 13.1 Å². The average Bonchev–Trinajstić information content (AvgIpc) is 2.73. The zero-order chi connectivity index (χ0) is 22.2. The molecule has 4 N–H and O–H groups in total. The topological polar surface area (TPSA) is 76.3 Å². The molecule has 166 valence electrons. The molecular formula is C24H34N4O3+2. The molecule has 3 rings (SSSR count). The second-order valence-corrected chi connectivity index (χ2v) is 8.41. The lowest BCUT2D eigenvalue weighted by Crippen LogP contribution is -3.12. The van der Waals surface area contributed by atoms with Crippen molar-refractivity contribution in [3.8, 4) is 0 Å². The average molecular weight is 427 g/mol. The molecule has 0 radical (unpaired) electrons. The highest BCUT2D eigenvalue weighted by molar-refractivity contribution is 5.94. The number of amides is 2. The van der Waals surface area contributed by atoms with Crippen molar-refractivity contribution in [1.29, 1.82) is 0 Å². The second kappa shape index (κ2) is 11.0. The quantitative estimate of drug-likeness (QED) is 0.473. The molecule has 2 aromatic carbocycles. The Morgan fingerprint density at radius 3 is 2.13 bits per heavy atom. The molecule has 7 heteroatoms. The van der Waals surface area contributed by atoms with Crippen LogP contribution in [0.3, 0.4) is 0 Å². The van der Waals surface area contributed by atoms with Crippen molar-refractivity contribution in [2.75, 3.05) is 57.1 Å². The molecule has 1 atom stereocenters. The number of likely N-dealkylation sites (N-methyl/N-ethyl adjacent to an activating group) is 1. The molecule has 0 aromatic heterocycles.